The van der Waals surface area contributed by atoms with Crippen LogP contribution in [0.1, 0.15) is 16.1 Å². The Kier molecular flexibility index (Phi) is 4.17. The van der Waals surface area contributed by atoms with E-state index in [4.69, 9.17) is 9.47 Å². The van der Waals surface area contributed by atoms with Gasteiger partial charge in [-0.1, -0.05) is 17.4 Å². The number of hydrogen-bond acceptors (Lipinski definition) is 6. The fourth-order valence-corrected chi connectivity index (χ4v) is 4.05. The summed E-state index contributed by atoms with van der Waals surface area (Å²) in [5.74, 6) is 0.883. The zero-order chi connectivity index (χ0) is 20.0. The van der Waals surface area contributed by atoms with Crippen LogP contribution in [0.4, 0.5) is 10.2 Å². The molecule has 146 valence electrons. The van der Waals surface area contributed by atoms with E-state index in [0.29, 0.717) is 51.6 Å². The minimum Gasteiger partial charge on any atom is -0.486 e. The summed E-state index contributed by atoms with van der Waals surface area (Å²) in [6, 6.07) is 11.6. The molecule has 7 nitrogen and oxygen atoms in total. The van der Waals surface area contributed by atoms with Crippen LogP contribution in [-0.4, -0.2) is 33.9 Å². The molecule has 29 heavy (non-hydrogen) atoms. The highest BCUT2D eigenvalue weighted by atomic mass is 32.1. The lowest BCUT2D eigenvalue weighted by Crippen LogP contribution is -2.18. The number of aryl methyl sites for hydroxylation is 1. The molecule has 0 radical (unpaired) electrons. The van der Waals surface area contributed by atoms with Gasteiger partial charge >= 0.3 is 0 Å². The van der Waals surface area contributed by atoms with Gasteiger partial charge in [-0.15, -0.1) is 0 Å². The number of ether oxygens (including phenoxy) is 2. The topological polar surface area (TPSA) is 78.3 Å². The monoisotopic (exact) mass is 410 g/mol. The van der Waals surface area contributed by atoms with Crippen LogP contribution in [0.15, 0.2) is 42.5 Å². The Morgan fingerprint density at radius 3 is 2.83 bits per heavy atom. The number of nitrogens with one attached hydrogen (secondary N) is 1. The maximum Gasteiger partial charge on any atom is 0.256 e. The van der Waals surface area contributed by atoms with Gasteiger partial charge in [-0.25, -0.2) is 9.37 Å². The molecule has 2 aromatic heterocycles. The molecule has 1 N–H and O–H groups in total. The van der Waals surface area contributed by atoms with Gasteiger partial charge in [0.05, 0.1) is 10.4 Å². The van der Waals surface area contributed by atoms with Crippen LogP contribution in [0.3, 0.4) is 0 Å². The highest BCUT2D eigenvalue weighted by molar-refractivity contribution is 7.20. The predicted molar refractivity (Wildman–Crippen MR) is 107 cm³/mol. The molecule has 0 saturated heterocycles. The molecule has 0 spiro atoms. The normalized spacial score (nSPS) is 12.9. The van der Waals surface area contributed by atoms with Gasteiger partial charge in [0.25, 0.3) is 5.91 Å². The Labute approximate surface area is 168 Å². The quantitative estimate of drug-likeness (QED) is 0.553. The van der Waals surface area contributed by atoms with Crippen LogP contribution < -0.4 is 14.8 Å². The molecule has 0 atom stereocenters. The Balaban J connectivity index is 1.47. The average Bonchev–Trinajstić information content (AvgIpc) is 3.31. The minimum atomic E-state index is -0.393. The summed E-state index contributed by atoms with van der Waals surface area (Å²) >= 11 is 1.30. The van der Waals surface area contributed by atoms with Gasteiger partial charge < -0.3 is 14.8 Å². The third-order valence-electron chi connectivity index (χ3n) is 4.42. The summed E-state index contributed by atoms with van der Waals surface area (Å²) in [5.41, 5.74) is 1.40. The molecular formula is C20H15FN4O3S. The van der Waals surface area contributed by atoms with Crippen LogP contribution in [0, 0.1) is 12.7 Å². The number of aromatic nitrogens is 3. The lowest BCUT2D eigenvalue weighted by atomic mass is 10.2. The van der Waals surface area contributed by atoms with Crippen LogP contribution in [0.5, 0.6) is 11.5 Å². The minimum absolute atomic E-state index is 0.282. The standard InChI is InChI=1S/C20H15FN4O3S/c1-11-9-17(22-19(26)12-5-6-14-15(10-12)28-8-7-27-14)25(24-11)20-23-18-13(21)3-2-4-16(18)29-20/h2-6,9-10H,7-8H2,1H3,(H,22,26). The van der Waals surface area contributed by atoms with Gasteiger partial charge in [0.15, 0.2) is 11.5 Å². The van der Waals surface area contributed by atoms with Crippen LogP contribution in [-0.2, 0) is 0 Å². The molecule has 0 bridgehead atoms. The fourth-order valence-electron chi connectivity index (χ4n) is 3.10. The number of para-hydroxylation sites is 1. The van der Waals surface area contributed by atoms with E-state index in [1.54, 1.807) is 36.4 Å². The SMILES string of the molecule is Cc1cc(NC(=O)c2ccc3c(c2)OCCO3)n(-c2nc3c(F)cccc3s2)n1. The van der Waals surface area contributed by atoms with Crippen molar-refractivity contribution in [3.8, 4) is 16.6 Å². The van der Waals surface area contributed by atoms with E-state index in [2.05, 4.69) is 15.4 Å². The van der Waals surface area contributed by atoms with E-state index in [-0.39, 0.29) is 11.4 Å². The Hall–Kier alpha value is -3.46. The molecule has 9 heteroatoms. The molecule has 0 saturated carbocycles. The van der Waals surface area contributed by atoms with Crippen molar-refractivity contribution in [3.63, 3.8) is 0 Å². The smallest absolute Gasteiger partial charge is 0.256 e. The van der Waals surface area contributed by atoms with Crippen molar-refractivity contribution < 1.29 is 18.7 Å². The number of carbonyl (C=O) groups excluding carboxylic acids is 1. The number of carbonyl (C=O) groups is 1. The number of benzene rings is 2. The number of rotatable bonds is 3. The first kappa shape index (κ1) is 17.6. The van der Waals surface area contributed by atoms with Crippen molar-refractivity contribution in [1.29, 1.82) is 0 Å². The Morgan fingerprint density at radius 2 is 2.00 bits per heavy atom. The van der Waals surface area contributed by atoms with Crippen molar-refractivity contribution in [2.45, 2.75) is 6.92 Å². The second-order valence-electron chi connectivity index (χ2n) is 6.48. The van der Waals surface area contributed by atoms with Gasteiger partial charge in [0.1, 0.15) is 30.4 Å². The zero-order valence-corrected chi connectivity index (χ0v) is 16.1. The van der Waals surface area contributed by atoms with Crippen LogP contribution in [0.25, 0.3) is 15.3 Å². The van der Waals surface area contributed by atoms with E-state index in [1.165, 1.54) is 22.1 Å². The molecule has 1 aliphatic heterocycles. The number of nitrogens with zero attached hydrogens (tertiary/aromatic N) is 3. The summed E-state index contributed by atoms with van der Waals surface area (Å²) < 4.78 is 27.3. The summed E-state index contributed by atoms with van der Waals surface area (Å²) in [6.45, 7) is 2.74. The van der Waals surface area contributed by atoms with E-state index in [9.17, 15) is 9.18 Å². The maximum atomic E-state index is 14.0. The molecule has 4 aromatic rings. The second kappa shape index (κ2) is 6.85. The third-order valence-corrected chi connectivity index (χ3v) is 5.41. The second-order valence-corrected chi connectivity index (χ2v) is 7.49. The van der Waals surface area contributed by atoms with Crippen LogP contribution >= 0.6 is 11.3 Å². The van der Waals surface area contributed by atoms with Gasteiger partial charge in [-0.3, -0.25) is 4.79 Å². The number of hydrogen-bond donors (Lipinski definition) is 1. The molecule has 1 amide bonds. The van der Waals surface area contributed by atoms with E-state index in [0.717, 1.165) is 0 Å². The molecule has 1 aliphatic rings. The predicted octanol–water partition coefficient (Wildman–Crippen LogP) is 3.95. The number of thiazole rings is 1. The molecule has 0 unspecified atom stereocenters. The summed E-state index contributed by atoms with van der Waals surface area (Å²) in [6.07, 6.45) is 0. The summed E-state index contributed by atoms with van der Waals surface area (Å²) in [7, 11) is 0. The Bertz CT molecular complexity index is 1250. The molecule has 2 aromatic carbocycles. The van der Waals surface area contributed by atoms with Gasteiger partial charge in [-0.2, -0.15) is 9.78 Å². The first-order valence-corrected chi connectivity index (χ1v) is 9.73. The fraction of sp³-hybridized carbons (Fsp3) is 0.150. The van der Waals surface area contributed by atoms with Crippen LogP contribution in [0.2, 0.25) is 0 Å². The molecule has 3 heterocycles. The molecular weight excluding hydrogens is 395 g/mol. The summed E-state index contributed by atoms with van der Waals surface area (Å²) in [4.78, 5) is 17.1. The van der Waals surface area contributed by atoms with Gasteiger partial charge in [0, 0.05) is 11.6 Å². The first-order chi connectivity index (χ1) is 14.1. The molecule has 0 fully saturated rings. The van der Waals surface area contributed by atoms with Crippen molar-refractivity contribution in [2.24, 2.45) is 0 Å². The average molecular weight is 410 g/mol. The van der Waals surface area contributed by atoms with E-state index in [1.807, 2.05) is 6.92 Å². The highest BCUT2D eigenvalue weighted by Crippen LogP contribution is 2.32. The van der Waals surface area contributed by atoms with Gasteiger partial charge in [0.2, 0.25) is 5.13 Å². The number of halogens is 1. The van der Waals surface area contributed by atoms with Crippen molar-refractivity contribution in [2.75, 3.05) is 18.5 Å². The van der Waals surface area contributed by atoms with E-state index >= 15 is 0 Å². The lowest BCUT2D eigenvalue weighted by Gasteiger charge is -2.18. The maximum absolute atomic E-state index is 14.0. The zero-order valence-electron chi connectivity index (χ0n) is 15.3. The largest absolute Gasteiger partial charge is 0.486 e. The summed E-state index contributed by atoms with van der Waals surface area (Å²) in [5, 5.41) is 7.72. The molecule has 5 rings (SSSR count). The molecule has 0 aliphatic carbocycles. The van der Waals surface area contributed by atoms with Crippen molar-refractivity contribution in [1.82, 2.24) is 14.8 Å². The lowest BCUT2D eigenvalue weighted by molar-refractivity contribution is 0.102. The first-order valence-electron chi connectivity index (χ1n) is 8.91. The Morgan fingerprint density at radius 1 is 1.17 bits per heavy atom. The number of fused-ring (bicyclic) bond motifs is 2. The van der Waals surface area contributed by atoms with Gasteiger partial charge in [-0.05, 0) is 37.3 Å². The van der Waals surface area contributed by atoms with Crippen molar-refractivity contribution in [3.05, 3.63) is 59.5 Å². The van der Waals surface area contributed by atoms with Crippen molar-refractivity contribution >= 4 is 33.3 Å². The highest BCUT2D eigenvalue weighted by Gasteiger charge is 2.19. The third kappa shape index (κ3) is 3.19. The number of anilines is 1. The number of amides is 1. The van der Waals surface area contributed by atoms with E-state index < -0.39 is 5.82 Å².